The second-order valence-electron chi connectivity index (χ2n) is 4.57. The number of carbonyl (C=O) groups is 1. The molecule has 1 aromatic rings. The van der Waals surface area contributed by atoms with E-state index in [1.54, 1.807) is 0 Å². The highest BCUT2D eigenvalue weighted by Crippen LogP contribution is 2.26. The molecule has 0 radical (unpaired) electrons. The van der Waals surface area contributed by atoms with Crippen LogP contribution in [0.1, 0.15) is 37.1 Å². The molecule has 1 saturated carbocycles. The van der Waals surface area contributed by atoms with Crippen molar-refractivity contribution in [3.63, 3.8) is 0 Å². The molecule has 1 amide bonds. The van der Waals surface area contributed by atoms with Crippen molar-refractivity contribution >= 4 is 17.5 Å². The van der Waals surface area contributed by atoms with Gasteiger partial charge in [-0.15, -0.1) is 11.6 Å². The Balaban J connectivity index is 1.99. The molecule has 1 atom stereocenters. The zero-order valence-electron chi connectivity index (χ0n) is 10.5. The summed E-state index contributed by atoms with van der Waals surface area (Å²) in [7, 11) is 0. The van der Waals surface area contributed by atoms with Crippen molar-refractivity contribution in [3.05, 3.63) is 29.8 Å². The number of nitrogens with one attached hydrogen (secondary N) is 1. The minimum Gasteiger partial charge on any atom is -0.494 e. The summed E-state index contributed by atoms with van der Waals surface area (Å²) in [5.41, 5.74) is 0.781. The molecule has 1 aliphatic carbocycles. The highest BCUT2D eigenvalue weighted by molar-refractivity contribution is 6.30. The number of alkyl halides is 1. The second-order valence-corrected chi connectivity index (χ2v) is 5.00. The Bertz CT molecular complexity index is 418. The van der Waals surface area contributed by atoms with Gasteiger partial charge in [-0.3, -0.25) is 4.79 Å². The van der Waals surface area contributed by atoms with Crippen molar-refractivity contribution < 1.29 is 9.53 Å². The summed E-state index contributed by atoms with van der Waals surface area (Å²) in [4.78, 5) is 11.8. The molecule has 1 fully saturated rings. The van der Waals surface area contributed by atoms with E-state index in [2.05, 4.69) is 12.2 Å². The van der Waals surface area contributed by atoms with Gasteiger partial charge >= 0.3 is 0 Å². The summed E-state index contributed by atoms with van der Waals surface area (Å²) in [6.45, 7) is 2.72. The van der Waals surface area contributed by atoms with Gasteiger partial charge in [0.1, 0.15) is 11.1 Å². The van der Waals surface area contributed by atoms with Gasteiger partial charge in [-0.05, 0) is 37.0 Å². The van der Waals surface area contributed by atoms with Crippen LogP contribution in [-0.2, 0) is 4.79 Å². The van der Waals surface area contributed by atoms with Crippen molar-refractivity contribution in [1.82, 2.24) is 5.32 Å². The maximum Gasteiger partial charge on any atom is 0.242 e. The summed E-state index contributed by atoms with van der Waals surface area (Å²) in [5.74, 6) is 0.644. The quantitative estimate of drug-likeness (QED) is 0.805. The van der Waals surface area contributed by atoms with Crippen LogP contribution in [0.15, 0.2) is 24.3 Å². The maximum absolute atomic E-state index is 11.8. The lowest BCUT2D eigenvalue weighted by Crippen LogP contribution is -2.28. The third kappa shape index (κ3) is 3.64. The molecule has 4 heteroatoms. The minimum absolute atomic E-state index is 0.119. The first-order valence-electron chi connectivity index (χ1n) is 6.38. The molecule has 0 aromatic heterocycles. The van der Waals surface area contributed by atoms with Crippen LogP contribution in [0, 0.1) is 0 Å². The van der Waals surface area contributed by atoms with Gasteiger partial charge in [0.05, 0.1) is 6.61 Å². The lowest BCUT2D eigenvalue weighted by atomic mass is 10.1. The van der Waals surface area contributed by atoms with E-state index in [1.807, 2.05) is 24.3 Å². The molecule has 0 bridgehead atoms. The van der Waals surface area contributed by atoms with Crippen LogP contribution in [0.25, 0.3) is 0 Å². The topological polar surface area (TPSA) is 38.3 Å². The number of benzene rings is 1. The SMILES string of the molecule is CCCOc1cccc(C(Cl)C(=O)NC2CC2)c1. The van der Waals surface area contributed by atoms with E-state index in [0.29, 0.717) is 12.6 Å². The normalized spacial score (nSPS) is 16.1. The standard InChI is InChI=1S/C14H18ClNO2/c1-2-8-18-12-5-3-4-10(9-12)13(15)14(17)16-11-6-7-11/h3-5,9,11,13H,2,6-8H2,1H3,(H,16,17). The van der Waals surface area contributed by atoms with Crippen LogP contribution in [0.4, 0.5) is 0 Å². The van der Waals surface area contributed by atoms with Gasteiger partial charge in [0.2, 0.25) is 5.91 Å². The van der Waals surface area contributed by atoms with Gasteiger partial charge in [-0.1, -0.05) is 19.1 Å². The summed E-state index contributed by atoms with van der Waals surface area (Å²) in [6, 6.07) is 7.75. The van der Waals surface area contributed by atoms with Gasteiger partial charge in [0, 0.05) is 6.04 Å². The van der Waals surface area contributed by atoms with E-state index in [9.17, 15) is 4.79 Å². The average molecular weight is 268 g/mol. The van der Waals surface area contributed by atoms with Crippen LogP contribution >= 0.6 is 11.6 Å². The molecule has 1 aromatic carbocycles. The van der Waals surface area contributed by atoms with Gasteiger partial charge < -0.3 is 10.1 Å². The van der Waals surface area contributed by atoms with Crippen molar-refractivity contribution in [2.24, 2.45) is 0 Å². The van der Waals surface area contributed by atoms with Crippen LogP contribution in [0.5, 0.6) is 5.75 Å². The highest BCUT2D eigenvalue weighted by atomic mass is 35.5. The predicted octanol–water partition coefficient (Wildman–Crippen LogP) is 3.03. The number of hydrogen-bond acceptors (Lipinski definition) is 2. The van der Waals surface area contributed by atoms with E-state index < -0.39 is 5.38 Å². The summed E-state index contributed by atoms with van der Waals surface area (Å²) in [5, 5.41) is 2.26. The van der Waals surface area contributed by atoms with E-state index >= 15 is 0 Å². The Morgan fingerprint density at radius 3 is 3.00 bits per heavy atom. The molecule has 0 aliphatic heterocycles. The smallest absolute Gasteiger partial charge is 0.242 e. The van der Waals surface area contributed by atoms with E-state index in [0.717, 1.165) is 30.6 Å². The fourth-order valence-corrected chi connectivity index (χ4v) is 1.83. The molecular formula is C14H18ClNO2. The van der Waals surface area contributed by atoms with Crippen molar-refractivity contribution in [1.29, 1.82) is 0 Å². The van der Waals surface area contributed by atoms with Crippen LogP contribution < -0.4 is 10.1 Å². The molecular weight excluding hydrogens is 250 g/mol. The first kappa shape index (κ1) is 13.2. The van der Waals surface area contributed by atoms with Crippen LogP contribution in [0.2, 0.25) is 0 Å². The average Bonchev–Trinajstić information content (AvgIpc) is 3.19. The van der Waals surface area contributed by atoms with Gasteiger partial charge in [-0.2, -0.15) is 0 Å². The first-order valence-corrected chi connectivity index (χ1v) is 6.81. The zero-order chi connectivity index (χ0) is 13.0. The van der Waals surface area contributed by atoms with Gasteiger partial charge in [0.15, 0.2) is 0 Å². The molecule has 0 saturated heterocycles. The third-order valence-corrected chi connectivity index (χ3v) is 3.23. The Labute approximate surface area is 112 Å². The molecule has 2 rings (SSSR count). The highest BCUT2D eigenvalue weighted by Gasteiger charge is 2.27. The summed E-state index contributed by atoms with van der Waals surface area (Å²) in [6.07, 6.45) is 3.08. The van der Waals surface area contributed by atoms with Gasteiger partial charge in [0.25, 0.3) is 0 Å². The summed E-state index contributed by atoms with van der Waals surface area (Å²) >= 11 is 6.17. The van der Waals surface area contributed by atoms with Crippen molar-refractivity contribution in [3.8, 4) is 5.75 Å². The number of hydrogen-bond donors (Lipinski definition) is 1. The molecule has 1 unspecified atom stereocenters. The molecule has 98 valence electrons. The molecule has 0 heterocycles. The molecule has 3 nitrogen and oxygen atoms in total. The Kier molecular flexibility index (Phi) is 4.48. The van der Waals surface area contributed by atoms with Crippen LogP contribution in [-0.4, -0.2) is 18.6 Å². The molecule has 1 aliphatic rings. The zero-order valence-corrected chi connectivity index (χ0v) is 11.2. The molecule has 0 spiro atoms. The van der Waals surface area contributed by atoms with Gasteiger partial charge in [-0.25, -0.2) is 0 Å². The number of rotatable bonds is 6. The Morgan fingerprint density at radius 2 is 2.33 bits per heavy atom. The van der Waals surface area contributed by atoms with Crippen LogP contribution in [0.3, 0.4) is 0 Å². The fraction of sp³-hybridized carbons (Fsp3) is 0.500. The number of carbonyl (C=O) groups excluding carboxylic acids is 1. The monoisotopic (exact) mass is 267 g/mol. The number of amides is 1. The lowest BCUT2D eigenvalue weighted by molar-refractivity contribution is -0.121. The molecule has 18 heavy (non-hydrogen) atoms. The predicted molar refractivity (Wildman–Crippen MR) is 72.0 cm³/mol. The summed E-state index contributed by atoms with van der Waals surface area (Å²) < 4.78 is 5.53. The van der Waals surface area contributed by atoms with E-state index in [4.69, 9.17) is 16.3 Å². The largest absolute Gasteiger partial charge is 0.494 e. The first-order chi connectivity index (χ1) is 8.70. The number of halogens is 1. The Hall–Kier alpha value is -1.22. The second kappa shape index (κ2) is 6.10. The number of ether oxygens (including phenoxy) is 1. The van der Waals surface area contributed by atoms with Crippen molar-refractivity contribution in [2.75, 3.05) is 6.61 Å². The van der Waals surface area contributed by atoms with Crippen molar-refractivity contribution in [2.45, 2.75) is 37.6 Å². The third-order valence-electron chi connectivity index (χ3n) is 2.78. The van der Waals surface area contributed by atoms with E-state index in [-0.39, 0.29) is 5.91 Å². The fourth-order valence-electron chi connectivity index (χ4n) is 1.64. The molecule has 1 N–H and O–H groups in total. The minimum atomic E-state index is -0.643. The lowest BCUT2D eigenvalue weighted by Gasteiger charge is -2.12. The van der Waals surface area contributed by atoms with E-state index in [1.165, 1.54) is 0 Å². The maximum atomic E-state index is 11.8. The Morgan fingerprint density at radius 1 is 1.56 bits per heavy atom.